The number of carbonyl (C=O) groups excluding carboxylic acids is 2. The predicted octanol–water partition coefficient (Wildman–Crippen LogP) is 1.44. The summed E-state index contributed by atoms with van der Waals surface area (Å²) in [6, 6.07) is 5.19. The van der Waals surface area contributed by atoms with Crippen molar-refractivity contribution in [1.82, 2.24) is 9.21 Å². The second-order valence-corrected chi connectivity index (χ2v) is 12.4. The molecule has 11 heteroatoms. The molecule has 0 N–H and O–H groups in total. The molecule has 0 bridgehead atoms. The summed E-state index contributed by atoms with van der Waals surface area (Å²) in [7, 11) is -6.88. The molecule has 2 heterocycles. The summed E-state index contributed by atoms with van der Waals surface area (Å²) in [6.07, 6.45) is 1.83. The van der Waals surface area contributed by atoms with Gasteiger partial charge in [-0.15, -0.1) is 0 Å². The average molecular weight is 487 g/mol. The van der Waals surface area contributed by atoms with Crippen molar-refractivity contribution in [2.75, 3.05) is 31.1 Å². The van der Waals surface area contributed by atoms with Crippen molar-refractivity contribution >= 4 is 31.7 Å². The zero-order valence-corrected chi connectivity index (χ0v) is 20.0. The monoisotopic (exact) mass is 486 g/mol. The number of nitrogens with zero attached hydrogens (tertiary/aromatic N) is 2. The standard InChI is InChI=1S/C21H30N2O7S2/c1-3-23(18-10-13-31(26,27)15-18)20(24)16(2)30-21(25)17-8-7-9-19(14-17)32(28,29)22-11-5-4-6-12-22/h7-9,14,16,18H,3-6,10-13,15H2,1-2H3/t16-,18+/m0/s1. The number of ether oxygens (including phenoxy) is 1. The minimum absolute atomic E-state index is 0.0131. The van der Waals surface area contributed by atoms with E-state index >= 15 is 0 Å². The molecule has 0 unspecified atom stereocenters. The molecule has 0 saturated carbocycles. The lowest BCUT2D eigenvalue weighted by Crippen LogP contribution is -2.46. The van der Waals surface area contributed by atoms with Crippen LogP contribution in [0.1, 0.15) is 49.9 Å². The van der Waals surface area contributed by atoms with Crippen LogP contribution in [0.2, 0.25) is 0 Å². The van der Waals surface area contributed by atoms with Gasteiger partial charge in [0, 0.05) is 25.7 Å². The number of piperidine rings is 1. The highest BCUT2D eigenvalue weighted by Crippen LogP contribution is 2.22. The SMILES string of the molecule is CCN(C(=O)[C@H](C)OC(=O)c1cccc(S(=O)(=O)N2CCCCC2)c1)[C@@H]1CCS(=O)(=O)C1. The Kier molecular flexibility index (Phi) is 7.61. The van der Waals surface area contributed by atoms with Crippen LogP contribution in [0.15, 0.2) is 29.2 Å². The van der Waals surface area contributed by atoms with Gasteiger partial charge in [-0.05, 0) is 51.3 Å². The second-order valence-electron chi connectivity index (χ2n) is 8.22. The summed E-state index contributed by atoms with van der Waals surface area (Å²) in [5.74, 6) is -1.34. The molecule has 2 aliphatic rings. The molecule has 1 aromatic carbocycles. The Morgan fingerprint density at radius 2 is 1.91 bits per heavy atom. The normalized spacial score (nSPS) is 22.2. The van der Waals surface area contributed by atoms with Gasteiger partial charge in [-0.1, -0.05) is 12.5 Å². The van der Waals surface area contributed by atoms with E-state index in [1.807, 2.05) is 0 Å². The minimum Gasteiger partial charge on any atom is -0.449 e. The highest BCUT2D eigenvalue weighted by molar-refractivity contribution is 7.91. The number of esters is 1. The van der Waals surface area contributed by atoms with Gasteiger partial charge in [0.1, 0.15) is 0 Å². The van der Waals surface area contributed by atoms with Crippen LogP contribution in [0, 0.1) is 0 Å². The average Bonchev–Trinajstić information content (AvgIpc) is 3.14. The van der Waals surface area contributed by atoms with Crippen LogP contribution in [0.4, 0.5) is 0 Å². The van der Waals surface area contributed by atoms with Crippen LogP contribution in [-0.2, 0) is 29.4 Å². The number of amides is 1. The Labute approximate surface area is 189 Å². The maximum absolute atomic E-state index is 12.9. The van der Waals surface area contributed by atoms with Gasteiger partial charge < -0.3 is 9.64 Å². The lowest BCUT2D eigenvalue weighted by atomic mass is 10.2. The van der Waals surface area contributed by atoms with Crippen molar-refractivity contribution in [2.45, 2.75) is 56.6 Å². The van der Waals surface area contributed by atoms with Crippen LogP contribution in [-0.4, -0.2) is 81.2 Å². The first-order chi connectivity index (χ1) is 15.0. The third-order valence-corrected chi connectivity index (χ3v) is 9.57. The molecule has 2 saturated heterocycles. The van der Waals surface area contributed by atoms with E-state index in [0.717, 1.165) is 19.3 Å². The number of rotatable bonds is 7. The third kappa shape index (κ3) is 5.49. The smallest absolute Gasteiger partial charge is 0.338 e. The summed E-state index contributed by atoms with van der Waals surface area (Å²) in [5.41, 5.74) is 0.0363. The highest BCUT2D eigenvalue weighted by atomic mass is 32.2. The number of sulfonamides is 1. The number of sulfone groups is 1. The summed E-state index contributed by atoms with van der Waals surface area (Å²) in [6.45, 7) is 4.37. The Morgan fingerprint density at radius 3 is 2.50 bits per heavy atom. The molecule has 178 valence electrons. The molecule has 0 aromatic heterocycles. The fourth-order valence-electron chi connectivity index (χ4n) is 4.17. The van der Waals surface area contributed by atoms with E-state index in [4.69, 9.17) is 4.74 Å². The van der Waals surface area contributed by atoms with Crippen LogP contribution in [0.5, 0.6) is 0 Å². The van der Waals surface area contributed by atoms with E-state index in [-0.39, 0.29) is 22.0 Å². The van der Waals surface area contributed by atoms with Crippen molar-refractivity contribution < 1.29 is 31.2 Å². The first-order valence-electron chi connectivity index (χ1n) is 10.9. The minimum atomic E-state index is -3.71. The van der Waals surface area contributed by atoms with E-state index in [0.29, 0.717) is 26.1 Å². The Morgan fingerprint density at radius 1 is 1.22 bits per heavy atom. The molecule has 0 spiro atoms. The molecule has 1 aromatic rings. The number of hydrogen-bond donors (Lipinski definition) is 0. The summed E-state index contributed by atoms with van der Waals surface area (Å²) in [4.78, 5) is 26.9. The summed E-state index contributed by atoms with van der Waals surface area (Å²) < 4.78 is 56.0. The third-order valence-electron chi connectivity index (χ3n) is 5.93. The largest absolute Gasteiger partial charge is 0.449 e. The quantitative estimate of drug-likeness (QED) is 0.535. The maximum Gasteiger partial charge on any atom is 0.338 e. The summed E-state index contributed by atoms with van der Waals surface area (Å²) >= 11 is 0. The maximum atomic E-state index is 12.9. The van der Waals surface area contributed by atoms with Gasteiger partial charge in [-0.3, -0.25) is 4.79 Å². The van der Waals surface area contributed by atoms with E-state index in [2.05, 4.69) is 0 Å². The Bertz CT molecular complexity index is 1060. The molecule has 0 aliphatic carbocycles. The lowest BCUT2D eigenvalue weighted by Gasteiger charge is -2.29. The number of benzene rings is 1. The highest BCUT2D eigenvalue weighted by Gasteiger charge is 2.36. The molecule has 32 heavy (non-hydrogen) atoms. The van der Waals surface area contributed by atoms with Gasteiger partial charge in [0.15, 0.2) is 15.9 Å². The molecule has 2 fully saturated rings. The van der Waals surface area contributed by atoms with E-state index < -0.39 is 43.9 Å². The van der Waals surface area contributed by atoms with Crippen molar-refractivity contribution in [3.05, 3.63) is 29.8 Å². The van der Waals surface area contributed by atoms with Gasteiger partial charge >= 0.3 is 5.97 Å². The zero-order chi connectivity index (χ0) is 23.5. The van der Waals surface area contributed by atoms with Gasteiger partial charge in [0.2, 0.25) is 10.0 Å². The van der Waals surface area contributed by atoms with Crippen molar-refractivity contribution in [1.29, 1.82) is 0 Å². The lowest BCUT2D eigenvalue weighted by molar-refractivity contribution is -0.141. The molecule has 2 aliphatic heterocycles. The molecule has 9 nitrogen and oxygen atoms in total. The van der Waals surface area contributed by atoms with Crippen molar-refractivity contribution in [2.24, 2.45) is 0 Å². The number of likely N-dealkylation sites (N-methyl/N-ethyl adjacent to an activating group) is 1. The van der Waals surface area contributed by atoms with Gasteiger partial charge in [0.05, 0.1) is 22.0 Å². The van der Waals surface area contributed by atoms with Crippen LogP contribution in [0.25, 0.3) is 0 Å². The molecule has 0 radical (unpaired) electrons. The molecular weight excluding hydrogens is 456 g/mol. The van der Waals surface area contributed by atoms with Crippen molar-refractivity contribution in [3.63, 3.8) is 0 Å². The number of carbonyl (C=O) groups is 2. The van der Waals surface area contributed by atoms with Gasteiger partial charge in [-0.25, -0.2) is 21.6 Å². The topological polar surface area (TPSA) is 118 Å². The first kappa shape index (κ1) is 24.7. The summed E-state index contributed by atoms with van der Waals surface area (Å²) in [5, 5.41) is 0. The molecule has 3 rings (SSSR count). The fourth-order valence-corrected chi connectivity index (χ4v) is 7.46. The van der Waals surface area contributed by atoms with Crippen LogP contribution in [0.3, 0.4) is 0 Å². The van der Waals surface area contributed by atoms with Crippen LogP contribution < -0.4 is 0 Å². The second kappa shape index (κ2) is 9.88. The first-order valence-corrected chi connectivity index (χ1v) is 14.1. The van der Waals surface area contributed by atoms with Gasteiger partial charge in [0.25, 0.3) is 5.91 Å². The van der Waals surface area contributed by atoms with E-state index in [1.54, 1.807) is 6.92 Å². The molecular formula is C21H30N2O7S2. The Hall–Kier alpha value is -1.98. The fraction of sp³-hybridized carbons (Fsp3) is 0.619. The van der Waals surface area contributed by atoms with E-state index in [9.17, 15) is 26.4 Å². The predicted molar refractivity (Wildman–Crippen MR) is 118 cm³/mol. The molecule has 2 atom stereocenters. The van der Waals surface area contributed by atoms with Gasteiger partial charge in [-0.2, -0.15) is 4.31 Å². The zero-order valence-electron chi connectivity index (χ0n) is 18.4. The number of hydrogen-bond acceptors (Lipinski definition) is 7. The van der Waals surface area contributed by atoms with Crippen LogP contribution >= 0.6 is 0 Å². The van der Waals surface area contributed by atoms with Crippen molar-refractivity contribution in [3.8, 4) is 0 Å². The molecule has 1 amide bonds. The Balaban J connectivity index is 1.70. The van der Waals surface area contributed by atoms with E-state index in [1.165, 1.54) is 40.4 Å².